The van der Waals surface area contributed by atoms with Gasteiger partial charge in [0.25, 0.3) is 0 Å². The fourth-order valence-corrected chi connectivity index (χ4v) is 2.68. The summed E-state index contributed by atoms with van der Waals surface area (Å²) in [6, 6.07) is 7.53. The van der Waals surface area contributed by atoms with Gasteiger partial charge < -0.3 is 15.0 Å². The number of imidazole rings is 1. The number of benzene rings is 1. The number of carbonyl (C=O) groups excluding carboxylic acids is 1. The third-order valence-corrected chi connectivity index (χ3v) is 3.96. The molecule has 21 heavy (non-hydrogen) atoms. The standard InChI is InChI=1S/C14H17N3O3S/c1-9(15-12(18)7-21-8-13(19)20)14-16-10-5-3-4-6-11(10)17(14)2/h3-6,9H,7-8H2,1-2H3,(H,15,18)(H,19,20). The van der Waals surface area contributed by atoms with Crippen molar-refractivity contribution < 1.29 is 14.7 Å². The van der Waals surface area contributed by atoms with Gasteiger partial charge in [0, 0.05) is 7.05 Å². The molecule has 0 saturated carbocycles. The molecule has 2 N–H and O–H groups in total. The van der Waals surface area contributed by atoms with Crippen LogP contribution in [0.5, 0.6) is 0 Å². The van der Waals surface area contributed by atoms with E-state index in [0.717, 1.165) is 28.6 Å². The number of amides is 1. The Morgan fingerprint density at radius 1 is 1.38 bits per heavy atom. The second kappa shape index (κ2) is 6.62. The topological polar surface area (TPSA) is 84.2 Å². The van der Waals surface area contributed by atoms with Crippen molar-refractivity contribution in [1.82, 2.24) is 14.9 Å². The van der Waals surface area contributed by atoms with E-state index in [0.29, 0.717) is 0 Å². The summed E-state index contributed by atoms with van der Waals surface area (Å²) in [5, 5.41) is 11.4. The molecule has 2 aromatic rings. The maximum absolute atomic E-state index is 11.8. The van der Waals surface area contributed by atoms with Crippen LogP contribution in [-0.2, 0) is 16.6 Å². The minimum atomic E-state index is -0.920. The van der Waals surface area contributed by atoms with Gasteiger partial charge in [0.1, 0.15) is 5.82 Å². The number of fused-ring (bicyclic) bond motifs is 1. The van der Waals surface area contributed by atoms with Crippen LogP contribution in [0.1, 0.15) is 18.8 Å². The smallest absolute Gasteiger partial charge is 0.313 e. The number of aliphatic carboxylic acids is 1. The van der Waals surface area contributed by atoms with Gasteiger partial charge in [-0.15, -0.1) is 11.8 Å². The highest BCUT2D eigenvalue weighted by atomic mass is 32.2. The maximum atomic E-state index is 11.8. The molecule has 112 valence electrons. The van der Waals surface area contributed by atoms with Gasteiger partial charge in [-0.3, -0.25) is 9.59 Å². The summed E-state index contributed by atoms with van der Waals surface area (Å²) in [5.41, 5.74) is 1.89. The number of carboxylic acids is 1. The Morgan fingerprint density at radius 2 is 2.10 bits per heavy atom. The molecule has 0 aliphatic rings. The molecule has 0 bridgehead atoms. The number of para-hydroxylation sites is 2. The van der Waals surface area contributed by atoms with Crippen LogP contribution in [0.15, 0.2) is 24.3 Å². The quantitative estimate of drug-likeness (QED) is 0.846. The molecule has 1 atom stereocenters. The van der Waals surface area contributed by atoms with E-state index in [1.54, 1.807) is 0 Å². The molecule has 0 saturated heterocycles. The Labute approximate surface area is 126 Å². The van der Waals surface area contributed by atoms with Gasteiger partial charge >= 0.3 is 5.97 Å². The number of aromatic nitrogens is 2. The van der Waals surface area contributed by atoms with E-state index in [1.165, 1.54) is 0 Å². The van der Waals surface area contributed by atoms with E-state index in [-0.39, 0.29) is 23.5 Å². The summed E-state index contributed by atoms with van der Waals surface area (Å²) in [6.45, 7) is 1.86. The first kappa shape index (κ1) is 15.4. The molecule has 1 amide bonds. The van der Waals surface area contributed by atoms with Crippen LogP contribution in [0.25, 0.3) is 11.0 Å². The van der Waals surface area contributed by atoms with E-state index < -0.39 is 5.97 Å². The zero-order chi connectivity index (χ0) is 15.4. The Bertz CT molecular complexity index is 669. The van der Waals surface area contributed by atoms with Crippen LogP contribution < -0.4 is 5.32 Å². The van der Waals surface area contributed by atoms with E-state index in [1.807, 2.05) is 42.8 Å². The van der Waals surface area contributed by atoms with Crippen molar-refractivity contribution in [3.63, 3.8) is 0 Å². The SMILES string of the molecule is CC(NC(=O)CSCC(=O)O)c1nc2ccccc2n1C. The molecule has 0 spiro atoms. The van der Waals surface area contributed by atoms with Crippen molar-refractivity contribution >= 4 is 34.7 Å². The molecule has 1 unspecified atom stereocenters. The number of aryl methyl sites for hydroxylation is 1. The predicted octanol–water partition coefficient (Wildman–Crippen LogP) is 1.57. The van der Waals surface area contributed by atoms with Crippen LogP contribution in [0.3, 0.4) is 0 Å². The van der Waals surface area contributed by atoms with Gasteiger partial charge in [-0.2, -0.15) is 0 Å². The second-order valence-electron chi connectivity index (χ2n) is 4.69. The van der Waals surface area contributed by atoms with E-state index in [2.05, 4.69) is 10.3 Å². The minimum Gasteiger partial charge on any atom is -0.481 e. The molecule has 2 rings (SSSR count). The van der Waals surface area contributed by atoms with Crippen LogP contribution in [0.2, 0.25) is 0 Å². The maximum Gasteiger partial charge on any atom is 0.313 e. The van der Waals surface area contributed by atoms with Crippen LogP contribution >= 0.6 is 11.8 Å². The normalized spacial score (nSPS) is 12.3. The molecule has 7 heteroatoms. The molecule has 1 heterocycles. The third kappa shape index (κ3) is 3.75. The Balaban J connectivity index is 2.01. The van der Waals surface area contributed by atoms with E-state index in [9.17, 15) is 9.59 Å². The lowest BCUT2D eigenvalue weighted by Gasteiger charge is -2.13. The van der Waals surface area contributed by atoms with Crippen molar-refractivity contribution in [3.05, 3.63) is 30.1 Å². The van der Waals surface area contributed by atoms with Gasteiger partial charge in [0.05, 0.1) is 28.6 Å². The molecule has 1 aromatic carbocycles. The number of thioether (sulfide) groups is 1. The number of nitrogens with one attached hydrogen (secondary N) is 1. The third-order valence-electron chi connectivity index (χ3n) is 3.05. The number of hydrogen-bond donors (Lipinski definition) is 2. The molecule has 0 aliphatic heterocycles. The van der Waals surface area contributed by atoms with Gasteiger partial charge in [0.15, 0.2) is 0 Å². The second-order valence-corrected chi connectivity index (χ2v) is 5.68. The first-order valence-corrected chi connectivity index (χ1v) is 7.64. The van der Waals surface area contributed by atoms with E-state index in [4.69, 9.17) is 5.11 Å². The van der Waals surface area contributed by atoms with E-state index >= 15 is 0 Å². The monoisotopic (exact) mass is 307 g/mol. The Kier molecular flexibility index (Phi) is 4.85. The van der Waals surface area contributed by atoms with Crippen molar-refractivity contribution in [1.29, 1.82) is 0 Å². The highest BCUT2D eigenvalue weighted by Crippen LogP contribution is 2.19. The van der Waals surface area contributed by atoms with Crippen molar-refractivity contribution in [2.75, 3.05) is 11.5 Å². The van der Waals surface area contributed by atoms with Crippen molar-refractivity contribution in [3.8, 4) is 0 Å². The molecule has 1 aromatic heterocycles. The molecule has 6 nitrogen and oxygen atoms in total. The predicted molar refractivity (Wildman–Crippen MR) is 82.2 cm³/mol. The Morgan fingerprint density at radius 3 is 2.76 bits per heavy atom. The van der Waals surface area contributed by atoms with Gasteiger partial charge in [-0.25, -0.2) is 4.98 Å². The summed E-state index contributed by atoms with van der Waals surface area (Å²) in [5.74, 6) is -0.293. The summed E-state index contributed by atoms with van der Waals surface area (Å²) in [7, 11) is 1.91. The lowest BCUT2D eigenvalue weighted by Crippen LogP contribution is -2.30. The fourth-order valence-electron chi connectivity index (χ4n) is 2.13. The molecular formula is C14H17N3O3S. The average molecular weight is 307 g/mol. The average Bonchev–Trinajstić information content (AvgIpc) is 2.76. The molecular weight excluding hydrogens is 290 g/mol. The van der Waals surface area contributed by atoms with Crippen LogP contribution in [-0.4, -0.2) is 38.0 Å². The Hall–Kier alpha value is -2.02. The lowest BCUT2D eigenvalue weighted by molar-refractivity contribution is -0.133. The van der Waals surface area contributed by atoms with Crippen LogP contribution in [0, 0.1) is 0 Å². The van der Waals surface area contributed by atoms with Gasteiger partial charge in [-0.05, 0) is 19.1 Å². The first-order valence-electron chi connectivity index (χ1n) is 6.49. The van der Waals surface area contributed by atoms with Crippen molar-refractivity contribution in [2.45, 2.75) is 13.0 Å². The zero-order valence-corrected chi connectivity index (χ0v) is 12.7. The van der Waals surface area contributed by atoms with Gasteiger partial charge in [0.2, 0.25) is 5.91 Å². The summed E-state index contributed by atoms with van der Waals surface area (Å²) in [4.78, 5) is 26.7. The number of rotatable bonds is 6. The van der Waals surface area contributed by atoms with Crippen LogP contribution in [0.4, 0.5) is 0 Å². The zero-order valence-electron chi connectivity index (χ0n) is 11.9. The highest BCUT2D eigenvalue weighted by molar-refractivity contribution is 8.00. The molecule has 0 aliphatic carbocycles. The lowest BCUT2D eigenvalue weighted by atomic mass is 10.3. The number of carboxylic acid groups (broad SMARTS) is 1. The first-order chi connectivity index (χ1) is 9.99. The largest absolute Gasteiger partial charge is 0.481 e. The summed E-state index contributed by atoms with van der Waals surface area (Å²) < 4.78 is 1.95. The number of hydrogen-bond acceptors (Lipinski definition) is 4. The molecule has 0 radical (unpaired) electrons. The number of carbonyl (C=O) groups is 2. The summed E-state index contributed by atoms with van der Waals surface area (Å²) >= 11 is 1.08. The molecule has 0 fully saturated rings. The fraction of sp³-hybridized carbons (Fsp3) is 0.357. The highest BCUT2D eigenvalue weighted by Gasteiger charge is 2.16. The summed E-state index contributed by atoms with van der Waals surface area (Å²) in [6.07, 6.45) is 0. The number of nitrogens with zero attached hydrogens (tertiary/aromatic N) is 2. The van der Waals surface area contributed by atoms with Crippen molar-refractivity contribution in [2.24, 2.45) is 7.05 Å². The minimum absolute atomic E-state index is 0.0753. The van der Waals surface area contributed by atoms with Gasteiger partial charge in [-0.1, -0.05) is 12.1 Å².